The molecule has 0 amide bonds. The molecular formula is C11H8BrN3O. The Morgan fingerprint density at radius 1 is 1.31 bits per heavy atom. The molecule has 0 aliphatic rings. The summed E-state index contributed by atoms with van der Waals surface area (Å²) in [6.45, 7) is 0. The molecule has 2 N–H and O–H groups in total. The predicted octanol–water partition coefficient (Wildman–Crippen LogP) is 2.94. The molecule has 0 aromatic carbocycles. The Hall–Kier alpha value is -1.75. The predicted molar refractivity (Wildman–Crippen MR) is 65.0 cm³/mol. The van der Waals surface area contributed by atoms with E-state index in [1.54, 1.807) is 6.26 Å². The van der Waals surface area contributed by atoms with E-state index in [0.29, 0.717) is 17.3 Å². The first-order valence-electron chi connectivity index (χ1n) is 4.73. The second kappa shape index (κ2) is 3.38. The Labute approximate surface area is 99.8 Å². The van der Waals surface area contributed by atoms with Crippen LogP contribution in [-0.2, 0) is 0 Å². The minimum Gasteiger partial charge on any atom is -0.463 e. The van der Waals surface area contributed by atoms with E-state index in [4.69, 9.17) is 10.2 Å². The highest BCUT2D eigenvalue weighted by molar-refractivity contribution is 9.10. The van der Waals surface area contributed by atoms with Crippen LogP contribution in [0.3, 0.4) is 0 Å². The zero-order valence-corrected chi connectivity index (χ0v) is 9.81. The maximum absolute atomic E-state index is 6.02. The number of nitrogen functional groups attached to an aromatic ring is 1. The van der Waals surface area contributed by atoms with Crippen molar-refractivity contribution < 1.29 is 4.42 Å². The number of pyridine rings is 1. The molecule has 3 heterocycles. The van der Waals surface area contributed by atoms with Crippen LogP contribution >= 0.6 is 15.9 Å². The van der Waals surface area contributed by atoms with Crippen LogP contribution in [0.4, 0.5) is 5.82 Å². The molecule has 0 spiro atoms. The molecule has 3 rings (SSSR count). The van der Waals surface area contributed by atoms with Crippen LogP contribution in [0.5, 0.6) is 0 Å². The lowest BCUT2D eigenvalue weighted by molar-refractivity contribution is 0.581. The number of rotatable bonds is 1. The molecule has 0 bridgehead atoms. The Morgan fingerprint density at radius 3 is 2.88 bits per heavy atom. The van der Waals surface area contributed by atoms with E-state index in [0.717, 1.165) is 10.1 Å². The Bertz CT molecular complexity index is 643. The number of nitrogens with zero attached hydrogens (tertiary/aromatic N) is 2. The van der Waals surface area contributed by atoms with Gasteiger partial charge in [-0.25, -0.2) is 4.98 Å². The molecule has 0 saturated heterocycles. The van der Waals surface area contributed by atoms with Gasteiger partial charge >= 0.3 is 0 Å². The zero-order valence-electron chi connectivity index (χ0n) is 8.22. The maximum atomic E-state index is 6.02. The van der Waals surface area contributed by atoms with Gasteiger partial charge in [-0.15, -0.1) is 0 Å². The molecule has 0 aliphatic heterocycles. The standard InChI is InChI=1S/C11H8BrN3O/c12-7-3-1-5-15-10(13)9(14-11(7)15)8-4-2-6-16-8/h1-6H,13H2. The highest BCUT2D eigenvalue weighted by Gasteiger charge is 2.14. The Kier molecular flexibility index (Phi) is 2.00. The SMILES string of the molecule is Nc1c(-c2ccco2)nc2c(Br)cccn12. The van der Waals surface area contributed by atoms with Crippen molar-refractivity contribution in [3.05, 3.63) is 41.2 Å². The first-order valence-corrected chi connectivity index (χ1v) is 5.52. The highest BCUT2D eigenvalue weighted by atomic mass is 79.9. The summed E-state index contributed by atoms with van der Waals surface area (Å²) in [5, 5.41) is 0. The van der Waals surface area contributed by atoms with E-state index in [1.807, 2.05) is 34.9 Å². The van der Waals surface area contributed by atoms with Gasteiger partial charge in [0, 0.05) is 6.20 Å². The number of halogens is 1. The van der Waals surface area contributed by atoms with Crippen LogP contribution in [-0.4, -0.2) is 9.38 Å². The van der Waals surface area contributed by atoms with Crippen LogP contribution in [0.25, 0.3) is 17.1 Å². The summed E-state index contributed by atoms with van der Waals surface area (Å²) in [7, 11) is 0. The molecule has 0 saturated carbocycles. The van der Waals surface area contributed by atoms with E-state index < -0.39 is 0 Å². The van der Waals surface area contributed by atoms with E-state index in [9.17, 15) is 0 Å². The lowest BCUT2D eigenvalue weighted by Gasteiger charge is -1.96. The lowest BCUT2D eigenvalue weighted by atomic mass is 10.3. The van der Waals surface area contributed by atoms with Gasteiger partial charge in [-0.1, -0.05) is 0 Å². The second-order valence-corrected chi connectivity index (χ2v) is 4.23. The molecule has 16 heavy (non-hydrogen) atoms. The van der Waals surface area contributed by atoms with Gasteiger partial charge in [0.25, 0.3) is 0 Å². The van der Waals surface area contributed by atoms with Crippen molar-refractivity contribution in [2.75, 3.05) is 5.73 Å². The summed E-state index contributed by atoms with van der Waals surface area (Å²) in [6.07, 6.45) is 3.47. The van der Waals surface area contributed by atoms with Gasteiger partial charge < -0.3 is 10.2 Å². The fraction of sp³-hybridized carbons (Fsp3) is 0. The van der Waals surface area contributed by atoms with Crippen LogP contribution < -0.4 is 5.73 Å². The number of aromatic nitrogens is 2. The molecule has 4 nitrogen and oxygen atoms in total. The number of anilines is 1. The number of hydrogen-bond acceptors (Lipinski definition) is 3. The van der Waals surface area contributed by atoms with Gasteiger partial charge in [0.05, 0.1) is 10.7 Å². The Balaban J connectivity index is 2.36. The average Bonchev–Trinajstić information content (AvgIpc) is 2.88. The van der Waals surface area contributed by atoms with Gasteiger partial charge in [0.2, 0.25) is 0 Å². The summed E-state index contributed by atoms with van der Waals surface area (Å²) in [5.74, 6) is 1.25. The van der Waals surface area contributed by atoms with Crippen LogP contribution in [0, 0.1) is 0 Å². The van der Waals surface area contributed by atoms with Crippen molar-refractivity contribution in [1.29, 1.82) is 0 Å². The molecule has 3 aromatic heterocycles. The molecule has 0 fully saturated rings. The van der Waals surface area contributed by atoms with Crippen molar-refractivity contribution >= 4 is 27.4 Å². The van der Waals surface area contributed by atoms with E-state index in [-0.39, 0.29) is 0 Å². The second-order valence-electron chi connectivity index (χ2n) is 3.37. The van der Waals surface area contributed by atoms with Gasteiger partial charge in [0.1, 0.15) is 11.5 Å². The molecule has 3 aromatic rings. The third-order valence-corrected chi connectivity index (χ3v) is 3.01. The molecule has 5 heteroatoms. The summed E-state index contributed by atoms with van der Waals surface area (Å²) < 4.78 is 8.02. The van der Waals surface area contributed by atoms with E-state index in [2.05, 4.69) is 20.9 Å². The molecular weight excluding hydrogens is 270 g/mol. The first kappa shape index (κ1) is 9.47. The van der Waals surface area contributed by atoms with Crippen molar-refractivity contribution in [3.63, 3.8) is 0 Å². The molecule has 0 unspecified atom stereocenters. The van der Waals surface area contributed by atoms with Crippen molar-refractivity contribution in [2.24, 2.45) is 0 Å². The minimum atomic E-state index is 0.575. The monoisotopic (exact) mass is 277 g/mol. The maximum Gasteiger partial charge on any atom is 0.156 e. The molecule has 80 valence electrons. The Morgan fingerprint density at radius 2 is 2.19 bits per heavy atom. The van der Waals surface area contributed by atoms with Gasteiger partial charge in [0.15, 0.2) is 11.4 Å². The topological polar surface area (TPSA) is 56.5 Å². The average molecular weight is 278 g/mol. The normalized spacial score (nSPS) is 11.1. The largest absolute Gasteiger partial charge is 0.463 e. The number of furan rings is 1. The van der Waals surface area contributed by atoms with E-state index in [1.165, 1.54) is 0 Å². The zero-order chi connectivity index (χ0) is 11.1. The van der Waals surface area contributed by atoms with Gasteiger partial charge in [-0.05, 0) is 40.2 Å². The quantitative estimate of drug-likeness (QED) is 0.744. The third-order valence-electron chi connectivity index (χ3n) is 2.39. The number of nitrogens with two attached hydrogens (primary N) is 1. The van der Waals surface area contributed by atoms with Crippen molar-refractivity contribution in [3.8, 4) is 11.5 Å². The number of hydrogen-bond donors (Lipinski definition) is 1. The van der Waals surface area contributed by atoms with Crippen LogP contribution in [0.2, 0.25) is 0 Å². The minimum absolute atomic E-state index is 0.575. The third kappa shape index (κ3) is 1.25. The van der Waals surface area contributed by atoms with Crippen molar-refractivity contribution in [1.82, 2.24) is 9.38 Å². The van der Waals surface area contributed by atoms with Gasteiger partial charge in [-0.2, -0.15) is 0 Å². The first-order chi connectivity index (χ1) is 7.77. The molecule has 0 radical (unpaired) electrons. The van der Waals surface area contributed by atoms with Crippen LogP contribution in [0.1, 0.15) is 0 Å². The smallest absolute Gasteiger partial charge is 0.156 e. The fourth-order valence-corrected chi connectivity index (χ4v) is 2.08. The molecule has 0 atom stereocenters. The summed E-state index contributed by atoms with van der Waals surface area (Å²) in [4.78, 5) is 4.45. The fourth-order valence-electron chi connectivity index (χ4n) is 1.65. The van der Waals surface area contributed by atoms with Crippen LogP contribution in [0.15, 0.2) is 45.6 Å². The van der Waals surface area contributed by atoms with Crippen molar-refractivity contribution in [2.45, 2.75) is 0 Å². The highest BCUT2D eigenvalue weighted by Crippen LogP contribution is 2.29. The molecule has 0 aliphatic carbocycles. The number of fused-ring (bicyclic) bond motifs is 1. The lowest BCUT2D eigenvalue weighted by Crippen LogP contribution is -1.93. The summed E-state index contributed by atoms with van der Waals surface area (Å²) in [6, 6.07) is 7.48. The summed E-state index contributed by atoms with van der Waals surface area (Å²) in [5.41, 5.74) is 7.47. The summed E-state index contributed by atoms with van der Waals surface area (Å²) >= 11 is 3.44. The van der Waals surface area contributed by atoms with Gasteiger partial charge in [-0.3, -0.25) is 4.40 Å². The number of imidazole rings is 1. The van der Waals surface area contributed by atoms with E-state index >= 15 is 0 Å².